The Bertz CT molecular complexity index is 399. The Kier molecular flexibility index (Phi) is 7.99. The van der Waals surface area contributed by atoms with Crippen LogP contribution in [0.25, 0.3) is 0 Å². The van der Waals surface area contributed by atoms with E-state index in [9.17, 15) is 0 Å². The van der Waals surface area contributed by atoms with Crippen LogP contribution < -0.4 is 19.5 Å². The van der Waals surface area contributed by atoms with Gasteiger partial charge in [0.25, 0.3) is 0 Å². The van der Waals surface area contributed by atoms with Gasteiger partial charge in [0.15, 0.2) is 0 Å². The lowest BCUT2D eigenvalue weighted by Crippen LogP contribution is -2.17. The normalized spacial score (nSPS) is 10.2. The molecule has 5 heteroatoms. The van der Waals surface area contributed by atoms with E-state index < -0.39 is 0 Å². The van der Waals surface area contributed by atoms with Crippen LogP contribution in [-0.2, 0) is 6.54 Å². The summed E-state index contributed by atoms with van der Waals surface area (Å²) in [4.78, 5) is 0. The molecule has 0 aliphatic rings. The van der Waals surface area contributed by atoms with Crippen molar-refractivity contribution in [2.45, 2.75) is 6.54 Å². The lowest BCUT2D eigenvalue weighted by Gasteiger charge is -2.15. The number of methoxy groups -OCH3 is 3. The smallest absolute Gasteiger partial charge is 0.130 e. The van der Waals surface area contributed by atoms with Gasteiger partial charge in [-0.25, -0.2) is 0 Å². The predicted molar refractivity (Wildman–Crippen MR) is 85.3 cm³/mol. The summed E-state index contributed by atoms with van der Waals surface area (Å²) in [6.45, 7) is 5.33. The Morgan fingerprint density at radius 3 is 2.30 bits per heavy atom. The molecule has 1 rings (SSSR count). The molecule has 20 heavy (non-hydrogen) atoms. The minimum Gasteiger partial charge on any atom is -0.496 e. The van der Waals surface area contributed by atoms with Crippen molar-refractivity contribution in [2.24, 2.45) is 0 Å². The third kappa shape index (κ3) is 4.98. The molecule has 4 nitrogen and oxygen atoms in total. The average Bonchev–Trinajstić information content (AvgIpc) is 2.50. The molecule has 0 aliphatic carbocycles. The van der Waals surface area contributed by atoms with Gasteiger partial charge < -0.3 is 19.5 Å². The quantitative estimate of drug-likeness (QED) is 0.531. The second-order valence-electron chi connectivity index (χ2n) is 4.05. The monoisotopic (exact) mass is 297 g/mol. The molecule has 0 fully saturated rings. The number of thioether (sulfide) groups is 1. The van der Waals surface area contributed by atoms with Gasteiger partial charge in [0.05, 0.1) is 26.9 Å². The van der Waals surface area contributed by atoms with Gasteiger partial charge in [0, 0.05) is 36.7 Å². The number of ether oxygens (including phenoxy) is 3. The maximum absolute atomic E-state index is 5.41. The predicted octanol–water partition coefficient (Wildman–Crippen LogP) is 2.72. The fourth-order valence-corrected chi connectivity index (χ4v) is 2.40. The van der Waals surface area contributed by atoms with Gasteiger partial charge in [-0.05, 0) is 0 Å². The van der Waals surface area contributed by atoms with Gasteiger partial charge in [-0.2, -0.15) is 11.8 Å². The molecule has 0 spiro atoms. The van der Waals surface area contributed by atoms with Crippen molar-refractivity contribution in [3.05, 3.63) is 30.4 Å². The fraction of sp³-hybridized carbons (Fsp3) is 0.467. The van der Waals surface area contributed by atoms with Crippen molar-refractivity contribution >= 4 is 11.8 Å². The molecule has 0 aliphatic heterocycles. The van der Waals surface area contributed by atoms with Crippen LogP contribution in [0.4, 0.5) is 0 Å². The van der Waals surface area contributed by atoms with Crippen molar-refractivity contribution < 1.29 is 14.2 Å². The van der Waals surface area contributed by atoms with Crippen LogP contribution in [0.1, 0.15) is 5.56 Å². The van der Waals surface area contributed by atoms with Gasteiger partial charge in [-0.15, -0.1) is 6.58 Å². The number of hydrogen-bond acceptors (Lipinski definition) is 5. The van der Waals surface area contributed by atoms with E-state index in [2.05, 4.69) is 11.9 Å². The topological polar surface area (TPSA) is 39.7 Å². The first-order valence-electron chi connectivity index (χ1n) is 6.45. The number of hydrogen-bond donors (Lipinski definition) is 1. The van der Waals surface area contributed by atoms with E-state index in [4.69, 9.17) is 14.2 Å². The number of rotatable bonds is 10. The van der Waals surface area contributed by atoms with Crippen LogP contribution in [0.3, 0.4) is 0 Å². The highest BCUT2D eigenvalue weighted by Crippen LogP contribution is 2.33. The first-order chi connectivity index (χ1) is 9.76. The molecule has 0 aromatic heterocycles. The second kappa shape index (κ2) is 9.55. The zero-order valence-corrected chi connectivity index (χ0v) is 13.2. The third-order valence-corrected chi connectivity index (χ3v) is 3.74. The van der Waals surface area contributed by atoms with Crippen molar-refractivity contribution in [1.29, 1.82) is 0 Å². The lowest BCUT2D eigenvalue weighted by molar-refractivity contribution is 0.367. The summed E-state index contributed by atoms with van der Waals surface area (Å²) >= 11 is 1.85. The highest BCUT2D eigenvalue weighted by atomic mass is 32.2. The lowest BCUT2D eigenvalue weighted by atomic mass is 10.1. The summed E-state index contributed by atoms with van der Waals surface area (Å²) < 4.78 is 16.0. The molecule has 1 aromatic carbocycles. The van der Waals surface area contributed by atoms with Crippen molar-refractivity contribution in [1.82, 2.24) is 5.32 Å². The number of benzene rings is 1. The molecule has 0 heterocycles. The largest absolute Gasteiger partial charge is 0.496 e. The average molecular weight is 297 g/mol. The molecule has 0 atom stereocenters. The molecule has 0 saturated carbocycles. The summed E-state index contributed by atoms with van der Waals surface area (Å²) in [7, 11) is 4.93. The molecule has 112 valence electrons. The molecule has 0 radical (unpaired) electrons. The Hall–Kier alpha value is -1.33. The summed E-state index contributed by atoms with van der Waals surface area (Å²) in [5.74, 6) is 4.30. The molecule has 1 aromatic rings. The Morgan fingerprint density at radius 2 is 1.80 bits per heavy atom. The zero-order valence-electron chi connectivity index (χ0n) is 12.4. The van der Waals surface area contributed by atoms with E-state index in [0.29, 0.717) is 6.54 Å². The van der Waals surface area contributed by atoms with Gasteiger partial charge >= 0.3 is 0 Å². The van der Waals surface area contributed by atoms with E-state index in [-0.39, 0.29) is 0 Å². The van der Waals surface area contributed by atoms with Crippen LogP contribution in [-0.4, -0.2) is 39.4 Å². The molecule has 1 N–H and O–H groups in total. The Labute approximate surface area is 125 Å². The highest BCUT2D eigenvalue weighted by molar-refractivity contribution is 7.99. The molecule has 0 saturated heterocycles. The van der Waals surface area contributed by atoms with E-state index in [1.165, 1.54) is 0 Å². The van der Waals surface area contributed by atoms with E-state index in [1.807, 2.05) is 30.0 Å². The molecule has 0 amide bonds. The molecule has 0 unspecified atom stereocenters. The van der Waals surface area contributed by atoms with E-state index in [0.717, 1.165) is 40.9 Å². The SMILES string of the molecule is C=CCSCCNCc1c(OC)cc(OC)cc1OC. The summed E-state index contributed by atoms with van der Waals surface area (Å²) in [5, 5.41) is 3.39. The van der Waals surface area contributed by atoms with Gasteiger partial charge in [-0.3, -0.25) is 0 Å². The van der Waals surface area contributed by atoms with Crippen LogP contribution in [0.5, 0.6) is 17.2 Å². The Balaban J connectivity index is 2.65. The number of nitrogens with one attached hydrogen (secondary N) is 1. The Morgan fingerprint density at radius 1 is 1.15 bits per heavy atom. The fourth-order valence-electron chi connectivity index (χ4n) is 1.78. The van der Waals surface area contributed by atoms with Crippen molar-refractivity contribution in [3.8, 4) is 17.2 Å². The van der Waals surface area contributed by atoms with Gasteiger partial charge in [0.2, 0.25) is 0 Å². The van der Waals surface area contributed by atoms with Gasteiger partial charge in [-0.1, -0.05) is 6.08 Å². The van der Waals surface area contributed by atoms with Crippen molar-refractivity contribution in [2.75, 3.05) is 39.4 Å². The maximum atomic E-state index is 5.41. The second-order valence-corrected chi connectivity index (χ2v) is 5.20. The molecular weight excluding hydrogens is 274 g/mol. The maximum Gasteiger partial charge on any atom is 0.130 e. The van der Waals surface area contributed by atoms with Crippen LogP contribution in [0.15, 0.2) is 24.8 Å². The minimum absolute atomic E-state index is 0.699. The molecular formula is C15H23NO3S. The summed E-state index contributed by atoms with van der Waals surface area (Å²) in [5.41, 5.74) is 1.00. The van der Waals surface area contributed by atoms with Gasteiger partial charge in [0.1, 0.15) is 17.2 Å². The first kappa shape index (κ1) is 16.7. The highest BCUT2D eigenvalue weighted by Gasteiger charge is 2.12. The third-order valence-electron chi connectivity index (χ3n) is 2.78. The molecule has 0 bridgehead atoms. The summed E-state index contributed by atoms with van der Waals surface area (Å²) in [6.07, 6.45) is 1.92. The van der Waals surface area contributed by atoms with E-state index in [1.54, 1.807) is 21.3 Å². The standard InChI is InChI=1S/C15H23NO3S/c1-5-7-20-8-6-16-11-13-14(18-3)9-12(17-2)10-15(13)19-4/h5,9-10,16H,1,6-8,11H2,2-4H3. The zero-order chi connectivity index (χ0) is 14.8. The van der Waals surface area contributed by atoms with Crippen LogP contribution in [0.2, 0.25) is 0 Å². The van der Waals surface area contributed by atoms with Crippen molar-refractivity contribution in [3.63, 3.8) is 0 Å². The van der Waals surface area contributed by atoms with E-state index >= 15 is 0 Å². The van der Waals surface area contributed by atoms with Crippen LogP contribution in [0, 0.1) is 0 Å². The summed E-state index contributed by atoms with van der Waals surface area (Å²) in [6, 6.07) is 3.73. The first-order valence-corrected chi connectivity index (χ1v) is 7.60. The minimum atomic E-state index is 0.699. The van der Waals surface area contributed by atoms with Crippen LogP contribution >= 0.6 is 11.8 Å².